The van der Waals surface area contributed by atoms with Crippen molar-refractivity contribution in [1.29, 1.82) is 0 Å². The van der Waals surface area contributed by atoms with Gasteiger partial charge in [-0.25, -0.2) is 9.97 Å². The molecule has 110 valence electrons. The summed E-state index contributed by atoms with van der Waals surface area (Å²) in [5, 5.41) is 4.81. The van der Waals surface area contributed by atoms with Gasteiger partial charge in [0.15, 0.2) is 5.16 Å². The summed E-state index contributed by atoms with van der Waals surface area (Å²) < 4.78 is 0. The van der Waals surface area contributed by atoms with Crippen molar-refractivity contribution >= 4 is 29.2 Å². The van der Waals surface area contributed by atoms with Gasteiger partial charge in [0.25, 0.3) is 0 Å². The second kappa shape index (κ2) is 6.08. The molecule has 2 aliphatic heterocycles. The van der Waals surface area contributed by atoms with Crippen LogP contribution in [0.3, 0.4) is 0 Å². The van der Waals surface area contributed by atoms with Crippen molar-refractivity contribution in [2.24, 2.45) is 0 Å². The zero-order valence-corrected chi connectivity index (χ0v) is 13.5. The van der Waals surface area contributed by atoms with Crippen molar-refractivity contribution in [2.75, 3.05) is 18.6 Å². The Balaban J connectivity index is 1.70. The van der Waals surface area contributed by atoms with E-state index in [9.17, 15) is 0 Å². The number of hydrogen-bond donors (Lipinski definition) is 1. The fourth-order valence-corrected chi connectivity index (χ4v) is 4.12. The van der Waals surface area contributed by atoms with Gasteiger partial charge in [0.1, 0.15) is 11.0 Å². The zero-order valence-electron chi connectivity index (χ0n) is 12.0. The van der Waals surface area contributed by atoms with Crippen LogP contribution >= 0.6 is 23.4 Å². The number of rotatable bonds is 3. The molecule has 1 aromatic heterocycles. The van der Waals surface area contributed by atoms with Gasteiger partial charge in [-0.3, -0.25) is 0 Å². The Morgan fingerprint density at radius 1 is 1.30 bits per heavy atom. The molecular formula is C14H21ClN4S. The molecule has 0 radical (unpaired) electrons. The summed E-state index contributed by atoms with van der Waals surface area (Å²) >= 11 is 7.57. The monoisotopic (exact) mass is 312 g/mol. The lowest BCUT2D eigenvalue weighted by Gasteiger charge is -2.47. The van der Waals surface area contributed by atoms with E-state index in [1.54, 1.807) is 0 Å². The van der Waals surface area contributed by atoms with E-state index in [1.807, 2.05) is 12.3 Å². The van der Waals surface area contributed by atoms with Gasteiger partial charge in [-0.2, -0.15) is 0 Å². The predicted molar refractivity (Wildman–Crippen MR) is 84.7 cm³/mol. The molecule has 4 nitrogen and oxygen atoms in total. The summed E-state index contributed by atoms with van der Waals surface area (Å²) in [5.74, 6) is 0.863. The minimum Gasteiger partial charge on any atom is -0.367 e. The second-order valence-corrected chi connectivity index (χ2v) is 6.94. The minimum absolute atomic E-state index is 0.502. The summed E-state index contributed by atoms with van der Waals surface area (Å²) in [4.78, 5) is 11.3. The van der Waals surface area contributed by atoms with E-state index in [4.69, 9.17) is 11.6 Å². The standard InChI is InChI=1S/C14H21ClN4S/c1-19-10-4-3-5-11(19)7-9(6-10)16-13-8-12(15)17-14(18-13)20-2/h8-11H,3-7H2,1-2H3,(H,16,17,18). The third kappa shape index (κ3) is 3.05. The van der Waals surface area contributed by atoms with Crippen molar-refractivity contribution < 1.29 is 0 Å². The average molecular weight is 313 g/mol. The quantitative estimate of drug-likeness (QED) is 0.527. The molecule has 2 fully saturated rings. The largest absolute Gasteiger partial charge is 0.367 e. The Labute approximate surface area is 129 Å². The first-order valence-electron chi connectivity index (χ1n) is 7.22. The highest BCUT2D eigenvalue weighted by atomic mass is 35.5. The van der Waals surface area contributed by atoms with Crippen LogP contribution in [-0.4, -0.2) is 46.3 Å². The Bertz CT molecular complexity index is 470. The number of fused-ring (bicyclic) bond motifs is 2. The smallest absolute Gasteiger partial charge is 0.190 e. The first kappa shape index (κ1) is 14.4. The first-order chi connectivity index (χ1) is 9.65. The number of nitrogens with one attached hydrogen (secondary N) is 1. The van der Waals surface area contributed by atoms with E-state index < -0.39 is 0 Å². The second-order valence-electron chi connectivity index (χ2n) is 5.78. The first-order valence-corrected chi connectivity index (χ1v) is 8.83. The molecule has 3 heterocycles. The summed E-state index contributed by atoms with van der Waals surface area (Å²) in [5.41, 5.74) is 0. The van der Waals surface area contributed by atoms with E-state index in [1.165, 1.54) is 43.9 Å². The molecule has 0 aliphatic carbocycles. The lowest BCUT2D eigenvalue weighted by Crippen LogP contribution is -2.52. The van der Waals surface area contributed by atoms with E-state index in [-0.39, 0.29) is 0 Å². The Morgan fingerprint density at radius 2 is 2.00 bits per heavy atom. The molecule has 1 aromatic rings. The fourth-order valence-electron chi connectivity index (χ4n) is 3.50. The summed E-state index contributed by atoms with van der Waals surface area (Å²) in [7, 11) is 2.28. The van der Waals surface area contributed by atoms with Gasteiger partial charge in [0, 0.05) is 24.2 Å². The maximum absolute atomic E-state index is 6.05. The number of halogens is 1. The van der Waals surface area contributed by atoms with Crippen LogP contribution in [0.15, 0.2) is 11.2 Å². The Morgan fingerprint density at radius 3 is 2.65 bits per heavy atom. The Hall–Kier alpha value is -0.520. The molecule has 0 saturated carbocycles. The fraction of sp³-hybridized carbons (Fsp3) is 0.714. The van der Waals surface area contributed by atoms with Crippen LogP contribution in [0.1, 0.15) is 32.1 Å². The van der Waals surface area contributed by atoms with Crippen LogP contribution in [0.5, 0.6) is 0 Å². The van der Waals surface area contributed by atoms with Crippen LogP contribution in [0, 0.1) is 0 Å². The van der Waals surface area contributed by atoms with E-state index >= 15 is 0 Å². The molecule has 1 N–H and O–H groups in total. The highest BCUT2D eigenvalue weighted by Crippen LogP contribution is 2.34. The van der Waals surface area contributed by atoms with E-state index in [2.05, 4.69) is 27.2 Å². The van der Waals surface area contributed by atoms with Gasteiger partial charge in [-0.15, -0.1) is 0 Å². The molecule has 3 rings (SSSR count). The molecule has 2 saturated heterocycles. The zero-order chi connectivity index (χ0) is 14.1. The molecule has 0 aromatic carbocycles. The number of piperidine rings is 2. The van der Waals surface area contributed by atoms with Crippen LogP contribution in [0.2, 0.25) is 5.15 Å². The van der Waals surface area contributed by atoms with Crippen molar-refractivity contribution in [3.8, 4) is 0 Å². The highest BCUT2D eigenvalue weighted by Gasteiger charge is 2.35. The van der Waals surface area contributed by atoms with Gasteiger partial charge in [0.2, 0.25) is 0 Å². The normalized spacial score (nSPS) is 30.2. The van der Waals surface area contributed by atoms with Crippen molar-refractivity contribution in [1.82, 2.24) is 14.9 Å². The molecule has 2 atom stereocenters. The molecule has 2 unspecified atom stereocenters. The van der Waals surface area contributed by atoms with Gasteiger partial charge >= 0.3 is 0 Å². The molecule has 0 amide bonds. The molecule has 6 heteroatoms. The number of aromatic nitrogens is 2. The lowest BCUT2D eigenvalue weighted by molar-refractivity contribution is 0.0608. The van der Waals surface area contributed by atoms with Gasteiger partial charge in [0.05, 0.1) is 0 Å². The molecular weight excluding hydrogens is 292 g/mol. The third-order valence-electron chi connectivity index (χ3n) is 4.55. The number of hydrogen-bond acceptors (Lipinski definition) is 5. The van der Waals surface area contributed by atoms with Gasteiger partial charge in [-0.05, 0) is 39.0 Å². The van der Waals surface area contributed by atoms with Crippen LogP contribution in [0.25, 0.3) is 0 Å². The van der Waals surface area contributed by atoms with Crippen molar-refractivity contribution in [2.45, 2.75) is 55.4 Å². The molecule has 20 heavy (non-hydrogen) atoms. The predicted octanol–water partition coefficient (Wildman–Crippen LogP) is 3.28. The highest BCUT2D eigenvalue weighted by molar-refractivity contribution is 7.98. The maximum Gasteiger partial charge on any atom is 0.190 e. The average Bonchev–Trinajstić information content (AvgIpc) is 2.39. The van der Waals surface area contributed by atoms with Gasteiger partial charge in [-0.1, -0.05) is 29.8 Å². The van der Waals surface area contributed by atoms with Gasteiger partial charge < -0.3 is 10.2 Å². The summed E-state index contributed by atoms with van der Waals surface area (Å²) in [6.07, 6.45) is 8.39. The van der Waals surface area contributed by atoms with Crippen molar-refractivity contribution in [3.05, 3.63) is 11.2 Å². The molecule has 0 spiro atoms. The lowest BCUT2D eigenvalue weighted by atomic mass is 9.82. The van der Waals surface area contributed by atoms with Crippen molar-refractivity contribution in [3.63, 3.8) is 0 Å². The van der Waals surface area contributed by atoms with E-state index in [0.29, 0.717) is 11.2 Å². The topological polar surface area (TPSA) is 41.1 Å². The number of anilines is 1. The SMILES string of the molecule is CSc1nc(Cl)cc(NC2CC3CCCC(C2)N3C)n1. The van der Waals surface area contributed by atoms with Crippen LogP contribution in [0.4, 0.5) is 5.82 Å². The van der Waals surface area contributed by atoms with Crippen LogP contribution in [-0.2, 0) is 0 Å². The Kier molecular flexibility index (Phi) is 4.38. The van der Waals surface area contributed by atoms with Crippen LogP contribution < -0.4 is 5.32 Å². The maximum atomic E-state index is 6.05. The van der Waals surface area contributed by atoms with E-state index in [0.717, 1.165) is 23.1 Å². The summed E-state index contributed by atoms with van der Waals surface area (Å²) in [6, 6.07) is 3.77. The minimum atomic E-state index is 0.502. The third-order valence-corrected chi connectivity index (χ3v) is 5.29. The number of thioether (sulfide) groups is 1. The molecule has 2 bridgehead atoms. The summed E-state index contributed by atoms with van der Waals surface area (Å²) in [6.45, 7) is 0. The number of nitrogens with zero attached hydrogens (tertiary/aromatic N) is 3. The molecule has 2 aliphatic rings.